The lowest BCUT2D eigenvalue weighted by atomic mass is 10.0. The molecule has 0 radical (unpaired) electrons. The number of ether oxygens (including phenoxy) is 2. The Morgan fingerprint density at radius 3 is 2.66 bits per heavy atom. The highest BCUT2D eigenvalue weighted by atomic mass is 16.5. The molecule has 0 bridgehead atoms. The zero-order valence-corrected chi connectivity index (χ0v) is 17.3. The van der Waals surface area contributed by atoms with E-state index in [1.54, 1.807) is 0 Å². The van der Waals surface area contributed by atoms with Crippen LogP contribution in [0.15, 0.2) is 48.5 Å². The van der Waals surface area contributed by atoms with E-state index in [0.29, 0.717) is 19.8 Å². The molecule has 2 aliphatic heterocycles. The third-order valence-corrected chi connectivity index (χ3v) is 6.11. The fourth-order valence-corrected chi connectivity index (χ4v) is 4.24. The van der Waals surface area contributed by atoms with E-state index in [-0.39, 0.29) is 18.0 Å². The molecule has 2 aromatic carbocycles. The summed E-state index contributed by atoms with van der Waals surface area (Å²) >= 11 is 0. The van der Waals surface area contributed by atoms with Crippen molar-refractivity contribution in [1.82, 2.24) is 9.80 Å². The zero-order chi connectivity index (χ0) is 20.2. The molecule has 0 N–H and O–H groups in total. The van der Waals surface area contributed by atoms with Crippen LogP contribution in [-0.4, -0.2) is 49.1 Å². The molecule has 1 saturated heterocycles. The first-order valence-electron chi connectivity index (χ1n) is 10.6. The van der Waals surface area contributed by atoms with Gasteiger partial charge in [0.05, 0.1) is 25.8 Å². The average molecular weight is 395 g/mol. The molecule has 5 nitrogen and oxygen atoms in total. The molecule has 0 aromatic heterocycles. The number of nitrogens with zero attached hydrogens (tertiary/aromatic N) is 2. The highest BCUT2D eigenvalue weighted by Crippen LogP contribution is 2.38. The summed E-state index contributed by atoms with van der Waals surface area (Å²) in [5.41, 5.74) is 2.36. The summed E-state index contributed by atoms with van der Waals surface area (Å²) in [5, 5.41) is 0. The van der Waals surface area contributed by atoms with Crippen LogP contribution in [0.1, 0.15) is 49.4 Å². The molecule has 1 amide bonds. The summed E-state index contributed by atoms with van der Waals surface area (Å²) in [6, 6.07) is 16.7. The number of carbonyl (C=O) groups excluding carboxylic acids is 1. The van der Waals surface area contributed by atoms with E-state index in [1.807, 2.05) is 36.2 Å². The molecule has 0 aliphatic carbocycles. The Hall–Kier alpha value is -2.53. The smallest absolute Gasteiger partial charge is 0.237 e. The minimum Gasteiger partial charge on any atom is -0.490 e. The van der Waals surface area contributed by atoms with E-state index >= 15 is 0 Å². The molecular formula is C24H30N2O3. The predicted octanol–water partition coefficient (Wildman–Crippen LogP) is 4.20. The van der Waals surface area contributed by atoms with Gasteiger partial charge in [0.2, 0.25) is 5.91 Å². The van der Waals surface area contributed by atoms with Crippen molar-refractivity contribution < 1.29 is 14.3 Å². The van der Waals surface area contributed by atoms with Gasteiger partial charge in [-0.15, -0.1) is 0 Å². The fraction of sp³-hybridized carbons (Fsp3) is 0.458. The Morgan fingerprint density at radius 2 is 1.86 bits per heavy atom. The maximum absolute atomic E-state index is 13.0. The minimum atomic E-state index is 0.0581. The second-order valence-electron chi connectivity index (χ2n) is 7.98. The molecule has 0 spiro atoms. The van der Waals surface area contributed by atoms with Crippen molar-refractivity contribution in [3.63, 3.8) is 0 Å². The van der Waals surface area contributed by atoms with E-state index in [1.165, 1.54) is 5.56 Å². The van der Waals surface area contributed by atoms with E-state index in [9.17, 15) is 4.79 Å². The molecule has 2 heterocycles. The van der Waals surface area contributed by atoms with Crippen LogP contribution in [0, 0.1) is 0 Å². The monoisotopic (exact) mass is 394 g/mol. The number of amides is 1. The highest BCUT2D eigenvalue weighted by Gasteiger charge is 2.30. The van der Waals surface area contributed by atoms with Crippen LogP contribution in [0.5, 0.6) is 11.5 Å². The summed E-state index contributed by atoms with van der Waals surface area (Å²) in [6.45, 7) is 4.84. The van der Waals surface area contributed by atoms with Crippen LogP contribution in [0.4, 0.5) is 0 Å². The van der Waals surface area contributed by atoms with Gasteiger partial charge in [0.1, 0.15) is 0 Å². The standard InChI is InChI=1S/C24H30N2O3/c1-18(19-8-4-3-5-9-19)25(2)24(27)17-26-13-6-10-21(26)20-11-12-22-23(16-20)29-15-7-14-28-22/h3-5,8-9,11-12,16,18,21H,6-7,10,13-15,17H2,1-2H3/t18-,21+/m1/s1. The molecule has 2 aromatic rings. The van der Waals surface area contributed by atoms with E-state index < -0.39 is 0 Å². The summed E-state index contributed by atoms with van der Waals surface area (Å²) < 4.78 is 11.6. The quantitative estimate of drug-likeness (QED) is 0.762. The first-order chi connectivity index (χ1) is 14.1. The van der Waals surface area contributed by atoms with Crippen molar-refractivity contribution >= 4 is 5.91 Å². The molecule has 5 heteroatoms. The van der Waals surface area contributed by atoms with Crippen LogP contribution < -0.4 is 9.47 Å². The van der Waals surface area contributed by atoms with Crippen molar-refractivity contribution in [2.24, 2.45) is 0 Å². The molecule has 0 saturated carbocycles. The van der Waals surface area contributed by atoms with Gasteiger partial charge in [-0.2, -0.15) is 0 Å². The van der Waals surface area contributed by atoms with Gasteiger partial charge in [0.25, 0.3) is 0 Å². The highest BCUT2D eigenvalue weighted by molar-refractivity contribution is 5.78. The predicted molar refractivity (Wildman–Crippen MR) is 113 cm³/mol. The van der Waals surface area contributed by atoms with Crippen LogP contribution in [0.3, 0.4) is 0 Å². The van der Waals surface area contributed by atoms with Gasteiger partial charge in [-0.05, 0) is 49.6 Å². The average Bonchev–Trinajstić information content (AvgIpc) is 3.08. The van der Waals surface area contributed by atoms with Gasteiger partial charge in [-0.3, -0.25) is 9.69 Å². The molecule has 2 aliphatic rings. The number of fused-ring (bicyclic) bond motifs is 1. The first-order valence-corrected chi connectivity index (χ1v) is 10.6. The number of benzene rings is 2. The largest absolute Gasteiger partial charge is 0.490 e. The molecule has 0 unspecified atom stereocenters. The number of hydrogen-bond acceptors (Lipinski definition) is 4. The second kappa shape index (κ2) is 8.87. The van der Waals surface area contributed by atoms with Crippen molar-refractivity contribution in [2.45, 2.75) is 38.3 Å². The summed E-state index contributed by atoms with van der Waals surface area (Å²) in [6.07, 6.45) is 3.06. The van der Waals surface area contributed by atoms with Gasteiger partial charge in [0, 0.05) is 19.5 Å². The summed E-state index contributed by atoms with van der Waals surface area (Å²) in [7, 11) is 1.90. The van der Waals surface area contributed by atoms with Gasteiger partial charge in [-0.1, -0.05) is 36.4 Å². The lowest BCUT2D eigenvalue weighted by molar-refractivity contribution is -0.133. The Balaban J connectivity index is 1.45. The number of carbonyl (C=O) groups is 1. The number of likely N-dealkylation sites (tertiary alicyclic amines) is 1. The summed E-state index contributed by atoms with van der Waals surface area (Å²) in [5.74, 6) is 1.80. The maximum Gasteiger partial charge on any atom is 0.237 e. The third kappa shape index (κ3) is 4.40. The van der Waals surface area contributed by atoms with Crippen LogP contribution in [0.2, 0.25) is 0 Å². The third-order valence-electron chi connectivity index (χ3n) is 6.11. The van der Waals surface area contributed by atoms with E-state index in [2.05, 4.69) is 36.1 Å². The van der Waals surface area contributed by atoms with Crippen LogP contribution in [-0.2, 0) is 4.79 Å². The van der Waals surface area contributed by atoms with E-state index in [4.69, 9.17) is 9.47 Å². The normalized spacial score (nSPS) is 20.1. The number of hydrogen-bond donors (Lipinski definition) is 0. The van der Waals surface area contributed by atoms with Gasteiger partial charge < -0.3 is 14.4 Å². The lowest BCUT2D eigenvalue weighted by Crippen LogP contribution is -2.39. The Bertz CT molecular complexity index is 839. The lowest BCUT2D eigenvalue weighted by Gasteiger charge is -2.30. The van der Waals surface area contributed by atoms with E-state index in [0.717, 1.165) is 42.9 Å². The topological polar surface area (TPSA) is 42.0 Å². The minimum absolute atomic E-state index is 0.0581. The van der Waals surface area contributed by atoms with Gasteiger partial charge in [-0.25, -0.2) is 0 Å². The number of rotatable bonds is 5. The van der Waals surface area contributed by atoms with Crippen molar-refractivity contribution in [3.8, 4) is 11.5 Å². The zero-order valence-electron chi connectivity index (χ0n) is 17.3. The maximum atomic E-state index is 13.0. The van der Waals surface area contributed by atoms with Gasteiger partial charge in [0.15, 0.2) is 11.5 Å². The Labute approximate surface area is 173 Å². The SMILES string of the molecule is C[C@H](c1ccccc1)N(C)C(=O)CN1CCC[C@H]1c1ccc2c(c1)OCCCO2. The first kappa shape index (κ1) is 19.8. The van der Waals surface area contributed by atoms with Crippen molar-refractivity contribution in [3.05, 3.63) is 59.7 Å². The number of likely N-dealkylation sites (N-methyl/N-ethyl adjacent to an activating group) is 1. The fourth-order valence-electron chi connectivity index (χ4n) is 4.24. The molecule has 154 valence electrons. The Kier molecular flexibility index (Phi) is 6.05. The molecule has 2 atom stereocenters. The van der Waals surface area contributed by atoms with Crippen LogP contribution >= 0.6 is 0 Å². The second-order valence-corrected chi connectivity index (χ2v) is 7.98. The molecule has 4 rings (SSSR count). The molecular weight excluding hydrogens is 364 g/mol. The van der Waals surface area contributed by atoms with Gasteiger partial charge >= 0.3 is 0 Å². The Morgan fingerprint density at radius 1 is 1.10 bits per heavy atom. The van der Waals surface area contributed by atoms with Crippen molar-refractivity contribution in [1.29, 1.82) is 0 Å². The summed E-state index contributed by atoms with van der Waals surface area (Å²) in [4.78, 5) is 17.2. The molecule has 29 heavy (non-hydrogen) atoms. The molecule has 1 fully saturated rings. The van der Waals surface area contributed by atoms with Crippen LogP contribution in [0.25, 0.3) is 0 Å². The van der Waals surface area contributed by atoms with Crippen molar-refractivity contribution in [2.75, 3.05) is 33.4 Å².